The number of thioether (sulfide) groups is 1. The van der Waals surface area contributed by atoms with Gasteiger partial charge in [-0.1, -0.05) is 33.1 Å². The molecule has 1 saturated heterocycles. The fraction of sp³-hybridized carbons (Fsp3) is 0.233. The standard InChI is InChI=1S/C30H30F3N6O4PS/c1-17-3-4-20(13-42-14-25(31)44)24(11-17)39-26(40)15-45-30(39)38-29(41)37-23-10-5-19(12-18(23)2)27(34)36-16-35-21-6-8-22(9-7-21)43-28(32)33/h3-12,16,25,28H,13-15,44H2,1-2H3,(H,37,41)(H2,34,35,36)/b38-30-. The summed E-state index contributed by atoms with van der Waals surface area (Å²) < 4.78 is 47.5. The smallest absolute Gasteiger partial charge is 0.387 e. The third kappa shape index (κ3) is 9.61. The number of ether oxygens (including phenoxy) is 2. The zero-order chi connectivity index (χ0) is 32.5. The van der Waals surface area contributed by atoms with Gasteiger partial charge in [0.1, 0.15) is 23.8 Å². The summed E-state index contributed by atoms with van der Waals surface area (Å²) in [5.74, 6) is -1.18. The molecule has 1 aliphatic rings. The van der Waals surface area contributed by atoms with Crippen LogP contribution in [0.25, 0.3) is 0 Å². The second kappa shape index (κ2) is 15.6. The van der Waals surface area contributed by atoms with E-state index in [4.69, 9.17) is 10.5 Å². The number of hydrogen-bond acceptors (Lipinski definition) is 6. The Morgan fingerprint density at radius 3 is 2.58 bits per heavy atom. The fourth-order valence-electron chi connectivity index (χ4n) is 4.11. The van der Waals surface area contributed by atoms with Crippen LogP contribution in [0.5, 0.6) is 5.75 Å². The second-order valence-electron chi connectivity index (χ2n) is 9.67. The molecule has 0 bridgehead atoms. The van der Waals surface area contributed by atoms with Gasteiger partial charge in [0, 0.05) is 16.8 Å². The van der Waals surface area contributed by atoms with Gasteiger partial charge in [-0.2, -0.15) is 13.8 Å². The van der Waals surface area contributed by atoms with Gasteiger partial charge in [0.05, 0.1) is 30.3 Å². The molecule has 0 saturated carbocycles. The summed E-state index contributed by atoms with van der Waals surface area (Å²) in [6, 6.07) is 15.5. The Bertz CT molecular complexity index is 1640. The van der Waals surface area contributed by atoms with Gasteiger partial charge in [0.15, 0.2) is 5.17 Å². The highest BCUT2D eigenvalue weighted by Gasteiger charge is 2.32. The van der Waals surface area contributed by atoms with Crippen molar-refractivity contribution in [1.29, 1.82) is 0 Å². The minimum Gasteiger partial charge on any atom is -0.435 e. The molecule has 3 N–H and O–H groups in total. The number of anilines is 2. The van der Waals surface area contributed by atoms with Crippen molar-refractivity contribution in [3.8, 4) is 5.75 Å². The van der Waals surface area contributed by atoms with Gasteiger partial charge in [-0.05, 0) is 73.5 Å². The van der Waals surface area contributed by atoms with Crippen LogP contribution < -0.4 is 20.7 Å². The molecule has 3 aromatic carbocycles. The predicted octanol–water partition coefficient (Wildman–Crippen LogP) is 6.33. The van der Waals surface area contributed by atoms with Gasteiger partial charge < -0.3 is 20.5 Å². The van der Waals surface area contributed by atoms with E-state index in [9.17, 15) is 22.8 Å². The van der Waals surface area contributed by atoms with Gasteiger partial charge in [-0.25, -0.2) is 19.2 Å². The first-order valence-corrected chi connectivity index (χ1v) is 15.1. The zero-order valence-electron chi connectivity index (χ0n) is 24.2. The van der Waals surface area contributed by atoms with Crippen molar-refractivity contribution < 1.29 is 32.2 Å². The number of amidine groups is 2. The van der Waals surface area contributed by atoms with Crippen LogP contribution in [0, 0.1) is 13.8 Å². The molecule has 1 aliphatic heterocycles. The van der Waals surface area contributed by atoms with E-state index in [1.165, 1.54) is 35.5 Å². The Labute approximate surface area is 264 Å². The summed E-state index contributed by atoms with van der Waals surface area (Å²) in [7, 11) is 2.02. The van der Waals surface area contributed by atoms with Crippen molar-refractivity contribution >= 4 is 67.3 Å². The minimum absolute atomic E-state index is 0.0139. The Hall–Kier alpha value is -4.26. The normalized spacial score (nSPS) is 15.4. The molecular formula is C30H30F3N6O4PS. The lowest BCUT2D eigenvalue weighted by atomic mass is 10.1. The summed E-state index contributed by atoms with van der Waals surface area (Å²) in [4.78, 5) is 39.6. The van der Waals surface area contributed by atoms with E-state index < -0.39 is 18.6 Å². The molecule has 0 aliphatic carbocycles. The molecule has 3 amide bonds. The van der Waals surface area contributed by atoms with Crippen LogP contribution in [0.3, 0.4) is 0 Å². The first-order chi connectivity index (χ1) is 21.5. The van der Waals surface area contributed by atoms with E-state index in [1.807, 2.05) is 22.2 Å². The monoisotopic (exact) mass is 658 g/mol. The molecule has 1 fully saturated rings. The van der Waals surface area contributed by atoms with E-state index in [2.05, 4.69) is 25.0 Å². The van der Waals surface area contributed by atoms with Crippen LogP contribution in [0.1, 0.15) is 22.3 Å². The molecule has 1 heterocycles. The van der Waals surface area contributed by atoms with Crippen molar-refractivity contribution in [1.82, 2.24) is 0 Å². The van der Waals surface area contributed by atoms with E-state index >= 15 is 0 Å². The number of carbonyl (C=O) groups excluding carboxylic acids is 2. The number of carbonyl (C=O) groups is 2. The highest BCUT2D eigenvalue weighted by Crippen LogP contribution is 2.31. The highest BCUT2D eigenvalue weighted by atomic mass is 32.2. The Kier molecular flexibility index (Phi) is 11.7. The number of urea groups is 1. The lowest BCUT2D eigenvalue weighted by Gasteiger charge is -2.20. The molecule has 3 aromatic rings. The quantitative estimate of drug-likeness (QED) is 0.141. The number of rotatable bonds is 11. The van der Waals surface area contributed by atoms with E-state index in [-0.39, 0.29) is 41.6 Å². The van der Waals surface area contributed by atoms with Crippen molar-refractivity contribution in [3.05, 3.63) is 82.9 Å². The first-order valence-electron chi connectivity index (χ1n) is 13.4. The van der Waals surface area contributed by atoms with Crippen molar-refractivity contribution in [2.45, 2.75) is 33.0 Å². The molecule has 236 valence electrons. The average molecular weight is 659 g/mol. The Morgan fingerprint density at radius 1 is 1.13 bits per heavy atom. The topological polar surface area (TPSA) is 131 Å². The summed E-state index contributed by atoms with van der Waals surface area (Å²) in [5.41, 5.74) is 10.3. The zero-order valence-corrected chi connectivity index (χ0v) is 26.2. The number of hydrogen-bond donors (Lipinski definition) is 2. The Morgan fingerprint density at radius 2 is 1.89 bits per heavy atom. The van der Waals surface area contributed by atoms with E-state index in [1.54, 1.807) is 37.3 Å². The number of benzene rings is 3. The van der Waals surface area contributed by atoms with Crippen LogP contribution in [-0.2, 0) is 16.1 Å². The molecule has 2 unspecified atom stereocenters. The molecule has 0 radical (unpaired) electrons. The summed E-state index contributed by atoms with van der Waals surface area (Å²) in [5, 5.41) is 2.94. The van der Waals surface area contributed by atoms with Crippen LogP contribution in [0.2, 0.25) is 0 Å². The Balaban J connectivity index is 1.44. The molecule has 45 heavy (non-hydrogen) atoms. The average Bonchev–Trinajstić information content (AvgIpc) is 3.34. The molecule has 0 aromatic heterocycles. The first kappa shape index (κ1) is 33.6. The lowest BCUT2D eigenvalue weighted by Crippen LogP contribution is -2.31. The predicted molar refractivity (Wildman–Crippen MR) is 175 cm³/mol. The van der Waals surface area contributed by atoms with Crippen molar-refractivity contribution in [3.63, 3.8) is 0 Å². The highest BCUT2D eigenvalue weighted by molar-refractivity contribution is 8.15. The molecule has 10 nitrogen and oxygen atoms in total. The number of amides is 3. The number of nitrogens with zero attached hydrogens (tertiary/aromatic N) is 4. The SMILES string of the molecule is Cc1ccc(COCC(F)P)c(N2C(=O)CS/C2=N\C(=O)Nc2ccc(C(N)=NC=Nc3ccc(OC(F)F)cc3)cc2C)c1. The van der Waals surface area contributed by atoms with E-state index in [0.717, 1.165) is 17.3 Å². The number of alkyl halides is 3. The van der Waals surface area contributed by atoms with Crippen LogP contribution in [-0.4, -0.2) is 54.2 Å². The van der Waals surface area contributed by atoms with Crippen LogP contribution >= 0.6 is 21.0 Å². The molecule has 0 spiro atoms. The lowest BCUT2D eigenvalue weighted by molar-refractivity contribution is -0.115. The van der Waals surface area contributed by atoms with Gasteiger partial charge in [0.25, 0.3) is 0 Å². The molecule has 4 rings (SSSR count). The summed E-state index contributed by atoms with van der Waals surface area (Å²) >= 11 is 1.14. The number of halogens is 3. The van der Waals surface area contributed by atoms with Crippen LogP contribution in [0.4, 0.5) is 35.0 Å². The number of aryl methyl sites for hydroxylation is 2. The number of aliphatic imine (C=N–C) groups is 3. The van der Waals surface area contributed by atoms with Crippen molar-refractivity contribution in [2.24, 2.45) is 20.7 Å². The maximum atomic E-state index is 13.2. The van der Waals surface area contributed by atoms with Crippen molar-refractivity contribution in [2.75, 3.05) is 22.6 Å². The number of nitrogens with one attached hydrogen (secondary N) is 1. The van der Waals surface area contributed by atoms with Crippen LogP contribution in [0.15, 0.2) is 75.6 Å². The second-order valence-corrected chi connectivity index (χ2v) is 11.3. The third-order valence-electron chi connectivity index (χ3n) is 6.21. The molecule has 2 atom stereocenters. The summed E-state index contributed by atoms with van der Waals surface area (Å²) in [6.07, 6.45) is 1.23. The maximum absolute atomic E-state index is 13.2. The van der Waals surface area contributed by atoms with Gasteiger partial charge in [-0.3, -0.25) is 9.69 Å². The van der Waals surface area contributed by atoms with E-state index in [0.29, 0.717) is 33.8 Å². The fourth-order valence-corrected chi connectivity index (χ4v) is 5.10. The van der Waals surface area contributed by atoms with Gasteiger partial charge in [-0.15, -0.1) is 0 Å². The minimum atomic E-state index is -2.91. The molecule has 15 heteroatoms. The molecular weight excluding hydrogens is 628 g/mol. The maximum Gasteiger partial charge on any atom is 0.387 e. The van der Waals surface area contributed by atoms with Gasteiger partial charge in [0.2, 0.25) is 5.91 Å². The number of nitrogens with two attached hydrogens (primary N) is 1. The largest absolute Gasteiger partial charge is 0.435 e. The van der Waals surface area contributed by atoms with Gasteiger partial charge >= 0.3 is 12.6 Å². The summed E-state index contributed by atoms with van der Waals surface area (Å²) in [6.45, 7) is 0.689. The third-order valence-corrected chi connectivity index (χ3v) is 7.32.